The van der Waals surface area contributed by atoms with E-state index in [4.69, 9.17) is 9.47 Å². The van der Waals surface area contributed by atoms with Crippen LogP contribution in [-0.2, 0) is 0 Å². The fourth-order valence-electron chi connectivity index (χ4n) is 1.81. The van der Waals surface area contributed by atoms with E-state index in [-0.39, 0.29) is 6.79 Å². The third-order valence-electron chi connectivity index (χ3n) is 4.05. The molecular weight excluding hydrogens is 258 g/mol. The van der Waals surface area contributed by atoms with Gasteiger partial charge in [-0.25, -0.2) is 0 Å². The van der Waals surface area contributed by atoms with Crippen LogP contribution in [0.4, 0.5) is 0 Å². The minimum atomic E-state index is -0.887. The lowest BCUT2D eigenvalue weighted by molar-refractivity contribution is -0.00979. The van der Waals surface area contributed by atoms with Gasteiger partial charge in [0.2, 0.25) is 6.79 Å². The Morgan fingerprint density at radius 3 is 2.50 bits per heavy atom. The first kappa shape index (κ1) is 15.1. The molecule has 1 aromatic carbocycles. The fraction of sp³-hybridized carbons (Fsp3) is 0.600. The molecule has 1 aromatic rings. The van der Waals surface area contributed by atoms with Crippen molar-refractivity contribution in [2.75, 3.05) is 13.3 Å². The second kappa shape index (κ2) is 5.24. The molecule has 0 spiro atoms. The van der Waals surface area contributed by atoms with Crippen LogP contribution >= 0.6 is 0 Å². The quantitative estimate of drug-likeness (QED) is 0.764. The smallest absolute Gasteiger partial charge is 0.231 e. The van der Waals surface area contributed by atoms with Crippen LogP contribution in [0.25, 0.3) is 0 Å². The summed E-state index contributed by atoms with van der Waals surface area (Å²) in [7, 11) is 0. The number of aliphatic hydroxyl groups excluding tert-OH is 1. The number of nitrogens with one attached hydrogen (secondary N) is 1. The van der Waals surface area contributed by atoms with E-state index in [0.717, 1.165) is 5.56 Å². The summed E-state index contributed by atoms with van der Waals surface area (Å²) < 4.78 is 10.5. The van der Waals surface area contributed by atoms with Crippen molar-refractivity contribution in [2.45, 2.75) is 44.9 Å². The van der Waals surface area contributed by atoms with Crippen molar-refractivity contribution in [2.24, 2.45) is 0 Å². The van der Waals surface area contributed by atoms with E-state index in [2.05, 4.69) is 5.32 Å². The standard InChI is InChI=1S/C15H23NO4/c1-14(2,15(3,4)18)16-8-11(17)10-5-6-12-13(7-10)20-9-19-12/h5-7,11,16-18H,8-9H2,1-4H3. The van der Waals surface area contributed by atoms with Crippen LogP contribution in [0.2, 0.25) is 0 Å². The molecule has 5 heteroatoms. The van der Waals surface area contributed by atoms with Gasteiger partial charge in [-0.1, -0.05) is 6.07 Å². The van der Waals surface area contributed by atoms with Gasteiger partial charge in [0.15, 0.2) is 11.5 Å². The van der Waals surface area contributed by atoms with Crippen LogP contribution in [-0.4, -0.2) is 34.7 Å². The van der Waals surface area contributed by atoms with Crippen molar-refractivity contribution in [1.82, 2.24) is 5.32 Å². The summed E-state index contributed by atoms with van der Waals surface area (Å²) in [5, 5.41) is 23.5. The van der Waals surface area contributed by atoms with Gasteiger partial charge in [-0.05, 0) is 45.4 Å². The van der Waals surface area contributed by atoms with E-state index < -0.39 is 17.2 Å². The molecule has 1 aliphatic rings. The molecule has 1 aliphatic heterocycles. The van der Waals surface area contributed by atoms with Crippen molar-refractivity contribution in [3.05, 3.63) is 23.8 Å². The zero-order chi connectivity index (χ0) is 15.0. The lowest BCUT2D eigenvalue weighted by atomic mass is 9.86. The monoisotopic (exact) mass is 281 g/mol. The molecule has 0 radical (unpaired) electrons. The number of hydrogen-bond acceptors (Lipinski definition) is 5. The molecule has 0 saturated carbocycles. The fourth-order valence-corrected chi connectivity index (χ4v) is 1.81. The van der Waals surface area contributed by atoms with Crippen LogP contribution in [0, 0.1) is 0 Å². The van der Waals surface area contributed by atoms with E-state index in [0.29, 0.717) is 18.0 Å². The van der Waals surface area contributed by atoms with Gasteiger partial charge in [-0.3, -0.25) is 0 Å². The number of hydrogen-bond donors (Lipinski definition) is 3. The van der Waals surface area contributed by atoms with Gasteiger partial charge < -0.3 is 25.0 Å². The molecule has 20 heavy (non-hydrogen) atoms. The Balaban J connectivity index is 2.00. The van der Waals surface area contributed by atoms with Crippen LogP contribution in [0.15, 0.2) is 18.2 Å². The molecule has 0 saturated heterocycles. The topological polar surface area (TPSA) is 71.0 Å². The van der Waals surface area contributed by atoms with E-state index in [1.807, 2.05) is 19.9 Å². The van der Waals surface area contributed by atoms with Gasteiger partial charge in [0.1, 0.15) is 0 Å². The third kappa shape index (κ3) is 3.06. The Morgan fingerprint density at radius 2 is 1.85 bits per heavy atom. The predicted octanol–water partition coefficient (Wildman–Crippen LogP) is 1.59. The Hall–Kier alpha value is -1.30. The third-order valence-corrected chi connectivity index (χ3v) is 4.05. The first-order valence-corrected chi connectivity index (χ1v) is 6.76. The van der Waals surface area contributed by atoms with Crippen LogP contribution < -0.4 is 14.8 Å². The molecule has 0 bridgehead atoms. The molecular formula is C15H23NO4. The second-order valence-corrected chi connectivity index (χ2v) is 6.19. The maximum absolute atomic E-state index is 10.2. The summed E-state index contributed by atoms with van der Waals surface area (Å²) in [6.07, 6.45) is -0.675. The van der Waals surface area contributed by atoms with Gasteiger partial charge in [-0.2, -0.15) is 0 Å². The number of aliphatic hydroxyl groups is 2. The van der Waals surface area contributed by atoms with Crippen molar-refractivity contribution < 1.29 is 19.7 Å². The number of ether oxygens (including phenoxy) is 2. The van der Waals surface area contributed by atoms with Crippen LogP contribution in [0.5, 0.6) is 11.5 Å². The largest absolute Gasteiger partial charge is 0.454 e. The molecule has 5 nitrogen and oxygen atoms in total. The van der Waals surface area contributed by atoms with Crippen molar-refractivity contribution in [3.8, 4) is 11.5 Å². The summed E-state index contributed by atoms with van der Waals surface area (Å²) in [6, 6.07) is 5.39. The maximum Gasteiger partial charge on any atom is 0.231 e. The lowest BCUT2D eigenvalue weighted by Crippen LogP contribution is -2.56. The highest BCUT2D eigenvalue weighted by Gasteiger charge is 2.34. The van der Waals surface area contributed by atoms with Crippen molar-refractivity contribution >= 4 is 0 Å². The molecule has 0 fully saturated rings. The van der Waals surface area contributed by atoms with E-state index in [1.165, 1.54) is 0 Å². The van der Waals surface area contributed by atoms with Crippen molar-refractivity contribution in [1.29, 1.82) is 0 Å². The van der Waals surface area contributed by atoms with Gasteiger partial charge in [-0.15, -0.1) is 0 Å². The summed E-state index contributed by atoms with van der Waals surface area (Å²) in [5.41, 5.74) is -0.639. The molecule has 112 valence electrons. The SMILES string of the molecule is CC(C)(O)C(C)(C)NCC(O)c1ccc2c(c1)OCO2. The van der Waals surface area contributed by atoms with Crippen LogP contribution in [0.3, 0.4) is 0 Å². The average Bonchev–Trinajstić information content (AvgIpc) is 2.81. The zero-order valence-electron chi connectivity index (χ0n) is 12.4. The average molecular weight is 281 g/mol. The maximum atomic E-state index is 10.2. The van der Waals surface area contributed by atoms with Crippen LogP contribution in [0.1, 0.15) is 39.4 Å². The Morgan fingerprint density at radius 1 is 1.20 bits per heavy atom. The molecule has 3 N–H and O–H groups in total. The number of benzene rings is 1. The zero-order valence-corrected chi connectivity index (χ0v) is 12.4. The Kier molecular flexibility index (Phi) is 3.95. The van der Waals surface area contributed by atoms with E-state index in [9.17, 15) is 10.2 Å². The second-order valence-electron chi connectivity index (χ2n) is 6.19. The van der Waals surface area contributed by atoms with Gasteiger partial charge in [0.05, 0.1) is 11.7 Å². The highest BCUT2D eigenvalue weighted by atomic mass is 16.7. The molecule has 0 amide bonds. The molecule has 0 aromatic heterocycles. The summed E-state index contributed by atoms with van der Waals surface area (Å²) >= 11 is 0. The molecule has 1 unspecified atom stereocenters. The van der Waals surface area contributed by atoms with Crippen molar-refractivity contribution in [3.63, 3.8) is 0 Å². The Labute approximate surface area is 119 Å². The van der Waals surface area contributed by atoms with E-state index in [1.54, 1.807) is 26.0 Å². The lowest BCUT2D eigenvalue weighted by Gasteiger charge is -2.38. The predicted molar refractivity (Wildman–Crippen MR) is 75.9 cm³/mol. The summed E-state index contributed by atoms with van der Waals surface area (Å²) in [5.74, 6) is 1.36. The number of β-amino-alcohol motifs (C(OH)–C–C–N with tert-alkyl or cyclic N) is 1. The number of rotatable bonds is 5. The Bertz CT molecular complexity index is 479. The highest BCUT2D eigenvalue weighted by Crippen LogP contribution is 2.34. The summed E-state index contributed by atoms with van der Waals surface area (Å²) in [6.45, 7) is 7.86. The number of fused-ring (bicyclic) bond motifs is 1. The molecule has 2 rings (SSSR count). The highest BCUT2D eigenvalue weighted by molar-refractivity contribution is 5.45. The molecule has 1 heterocycles. The van der Waals surface area contributed by atoms with Gasteiger partial charge >= 0.3 is 0 Å². The molecule has 1 atom stereocenters. The minimum absolute atomic E-state index is 0.221. The van der Waals surface area contributed by atoms with Gasteiger partial charge in [0, 0.05) is 12.1 Å². The first-order chi connectivity index (χ1) is 9.21. The van der Waals surface area contributed by atoms with Gasteiger partial charge in [0.25, 0.3) is 0 Å². The van der Waals surface area contributed by atoms with E-state index >= 15 is 0 Å². The normalized spacial score (nSPS) is 16.3. The first-order valence-electron chi connectivity index (χ1n) is 6.76. The summed E-state index contributed by atoms with van der Waals surface area (Å²) in [4.78, 5) is 0. The minimum Gasteiger partial charge on any atom is -0.454 e. The molecule has 0 aliphatic carbocycles.